The molecule has 2 N–H and O–H groups in total. The minimum absolute atomic E-state index is 0.0280. The summed E-state index contributed by atoms with van der Waals surface area (Å²) in [5, 5.41) is 12.5. The van der Waals surface area contributed by atoms with Crippen molar-refractivity contribution in [2.45, 2.75) is 13.0 Å². The second kappa shape index (κ2) is 9.59. The molecule has 1 heterocycles. The maximum Gasteiger partial charge on any atom is 0.251 e. The van der Waals surface area contributed by atoms with Crippen LogP contribution in [0.15, 0.2) is 77.4 Å². The van der Waals surface area contributed by atoms with E-state index in [-0.39, 0.29) is 18.4 Å². The summed E-state index contributed by atoms with van der Waals surface area (Å²) in [6.07, 6.45) is 2.17. The molecule has 140 valence electrons. The number of amides is 1. The second-order valence-electron chi connectivity index (χ2n) is 6.30. The van der Waals surface area contributed by atoms with Crippen LogP contribution in [0.4, 0.5) is 0 Å². The summed E-state index contributed by atoms with van der Waals surface area (Å²) in [6.45, 7) is 0.646. The quantitative estimate of drug-likeness (QED) is 0.609. The topological polar surface area (TPSA) is 71.7 Å². The summed E-state index contributed by atoms with van der Waals surface area (Å²) in [7, 11) is 0. The highest BCUT2D eigenvalue weighted by Gasteiger charge is 2.15. The molecule has 0 unspecified atom stereocenters. The lowest BCUT2D eigenvalue weighted by molar-refractivity contribution is 0.0936. The maximum absolute atomic E-state index is 12.6. The van der Waals surface area contributed by atoms with Gasteiger partial charge in [0.05, 0.1) is 6.26 Å². The minimum atomic E-state index is -0.180. The van der Waals surface area contributed by atoms with E-state index in [4.69, 9.17) is 9.15 Å². The lowest BCUT2D eigenvalue weighted by atomic mass is 10.0. The molecule has 5 heteroatoms. The van der Waals surface area contributed by atoms with Crippen LogP contribution in [0.1, 0.15) is 21.7 Å². The molecule has 0 aliphatic rings. The Morgan fingerprint density at radius 3 is 2.56 bits per heavy atom. The number of carbonyl (C=O) groups excluding carboxylic acids is 1. The van der Waals surface area contributed by atoms with Gasteiger partial charge >= 0.3 is 0 Å². The van der Waals surface area contributed by atoms with Crippen molar-refractivity contribution in [3.8, 4) is 5.75 Å². The van der Waals surface area contributed by atoms with Crippen LogP contribution in [0.5, 0.6) is 5.75 Å². The Morgan fingerprint density at radius 1 is 1.04 bits per heavy atom. The predicted octanol–water partition coefficient (Wildman–Crippen LogP) is 3.44. The fourth-order valence-electron chi connectivity index (χ4n) is 2.79. The minimum Gasteiger partial charge on any atom is -0.489 e. The maximum atomic E-state index is 12.6. The Hall–Kier alpha value is -3.05. The molecule has 1 atom stereocenters. The lowest BCUT2D eigenvalue weighted by Gasteiger charge is -2.15. The van der Waals surface area contributed by atoms with Crippen molar-refractivity contribution in [2.75, 3.05) is 13.2 Å². The van der Waals surface area contributed by atoms with Gasteiger partial charge in [-0.2, -0.15) is 0 Å². The zero-order valence-electron chi connectivity index (χ0n) is 15.0. The number of furan rings is 1. The number of carbonyl (C=O) groups is 1. The molecule has 0 spiro atoms. The number of para-hydroxylation sites is 1. The Kier molecular flexibility index (Phi) is 6.66. The van der Waals surface area contributed by atoms with E-state index < -0.39 is 0 Å². The fraction of sp³-hybridized carbons (Fsp3) is 0.227. The highest BCUT2D eigenvalue weighted by atomic mass is 16.5. The molecule has 2 aromatic carbocycles. The number of hydrogen-bond donors (Lipinski definition) is 2. The number of ether oxygens (including phenoxy) is 1. The highest BCUT2D eigenvalue weighted by Crippen LogP contribution is 2.15. The highest BCUT2D eigenvalue weighted by molar-refractivity contribution is 5.95. The van der Waals surface area contributed by atoms with E-state index >= 15 is 0 Å². The van der Waals surface area contributed by atoms with Gasteiger partial charge in [-0.05, 0) is 30.3 Å². The third kappa shape index (κ3) is 5.46. The lowest BCUT2D eigenvalue weighted by Crippen LogP contribution is -2.32. The first-order valence-corrected chi connectivity index (χ1v) is 8.93. The summed E-state index contributed by atoms with van der Waals surface area (Å²) in [5.74, 6) is 1.26. The summed E-state index contributed by atoms with van der Waals surface area (Å²) in [5.41, 5.74) is 1.38. The van der Waals surface area contributed by atoms with Crippen LogP contribution >= 0.6 is 0 Å². The Morgan fingerprint density at radius 2 is 1.81 bits per heavy atom. The summed E-state index contributed by atoms with van der Waals surface area (Å²) >= 11 is 0. The largest absolute Gasteiger partial charge is 0.489 e. The van der Waals surface area contributed by atoms with Gasteiger partial charge in [-0.15, -0.1) is 0 Å². The molecule has 0 aliphatic carbocycles. The Balaban J connectivity index is 1.59. The number of aliphatic hydroxyl groups is 1. The van der Waals surface area contributed by atoms with Gasteiger partial charge in [0, 0.05) is 36.6 Å². The third-order valence-electron chi connectivity index (χ3n) is 4.28. The van der Waals surface area contributed by atoms with Crippen molar-refractivity contribution in [3.63, 3.8) is 0 Å². The van der Waals surface area contributed by atoms with Crippen molar-refractivity contribution in [1.82, 2.24) is 5.32 Å². The van der Waals surface area contributed by atoms with Gasteiger partial charge in [-0.25, -0.2) is 0 Å². The molecule has 27 heavy (non-hydrogen) atoms. The monoisotopic (exact) mass is 365 g/mol. The first kappa shape index (κ1) is 18.7. The summed E-state index contributed by atoms with van der Waals surface area (Å²) in [6, 6.07) is 20.5. The Labute approximate surface area is 158 Å². The molecule has 5 nitrogen and oxygen atoms in total. The summed E-state index contributed by atoms with van der Waals surface area (Å²) < 4.78 is 11.1. The van der Waals surface area contributed by atoms with Crippen LogP contribution in [0.2, 0.25) is 0 Å². The number of benzene rings is 2. The molecule has 0 saturated heterocycles. The van der Waals surface area contributed by atoms with Crippen molar-refractivity contribution in [2.24, 2.45) is 5.92 Å². The molecular formula is C22H23NO4. The average Bonchev–Trinajstić information content (AvgIpc) is 3.23. The van der Waals surface area contributed by atoms with Crippen LogP contribution in [-0.2, 0) is 13.0 Å². The van der Waals surface area contributed by atoms with E-state index in [9.17, 15) is 9.90 Å². The van der Waals surface area contributed by atoms with Crippen LogP contribution in [-0.4, -0.2) is 24.2 Å². The number of hydrogen-bond acceptors (Lipinski definition) is 4. The van der Waals surface area contributed by atoms with Gasteiger partial charge in [0.2, 0.25) is 0 Å². The molecule has 0 aliphatic heterocycles. The average molecular weight is 365 g/mol. The molecule has 3 aromatic rings. The molecule has 3 rings (SSSR count). The van der Waals surface area contributed by atoms with Crippen LogP contribution in [0.3, 0.4) is 0 Å². The molecule has 0 fully saturated rings. The van der Waals surface area contributed by atoms with E-state index in [1.165, 1.54) is 0 Å². The number of rotatable bonds is 9. The van der Waals surface area contributed by atoms with Crippen molar-refractivity contribution >= 4 is 5.91 Å². The smallest absolute Gasteiger partial charge is 0.251 e. The van der Waals surface area contributed by atoms with Crippen molar-refractivity contribution < 1.29 is 19.1 Å². The number of aliphatic hydroxyl groups excluding tert-OH is 1. The summed E-state index contributed by atoms with van der Waals surface area (Å²) in [4.78, 5) is 12.6. The van der Waals surface area contributed by atoms with E-state index in [0.717, 1.165) is 17.1 Å². The molecule has 1 amide bonds. The van der Waals surface area contributed by atoms with Gasteiger partial charge in [0.15, 0.2) is 0 Å². The van der Waals surface area contributed by atoms with Crippen LogP contribution in [0.25, 0.3) is 0 Å². The second-order valence-corrected chi connectivity index (χ2v) is 6.30. The molecular weight excluding hydrogens is 342 g/mol. The normalized spacial score (nSPS) is 11.7. The molecule has 0 radical (unpaired) electrons. The fourth-order valence-corrected chi connectivity index (χ4v) is 2.79. The standard InChI is InChI=1S/C22H23NO4/c24-15-17(13-20-10-6-12-26-20)14-23-22(25)21-11-5-4-7-18(21)16-27-19-8-2-1-3-9-19/h1-12,17,24H,13-16H2,(H,23,25)/t17-/m1/s1. The molecule has 0 saturated carbocycles. The molecule has 1 aromatic heterocycles. The van der Waals surface area contributed by atoms with E-state index in [0.29, 0.717) is 25.1 Å². The first-order chi connectivity index (χ1) is 13.3. The van der Waals surface area contributed by atoms with Crippen molar-refractivity contribution in [1.29, 1.82) is 0 Å². The van der Waals surface area contributed by atoms with Crippen LogP contribution in [0, 0.1) is 5.92 Å². The molecule has 0 bridgehead atoms. The van der Waals surface area contributed by atoms with Gasteiger partial charge in [0.25, 0.3) is 5.91 Å². The SMILES string of the molecule is O=C(NC[C@H](CO)Cc1ccco1)c1ccccc1COc1ccccc1. The van der Waals surface area contributed by atoms with Gasteiger partial charge in [0.1, 0.15) is 18.1 Å². The van der Waals surface area contributed by atoms with Crippen molar-refractivity contribution in [3.05, 3.63) is 89.9 Å². The zero-order chi connectivity index (χ0) is 18.9. The number of nitrogens with one attached hydrogen (secondary N) is 1. The van der Waals surface area contributed by atoms with Gasteiger partial charge in [-0.3, -0.25) is 4.79 Å². The van der Waals surface area contributed by atoms with Gasteiger partial charge in [-0.1, -0.05) is 36.4 Å². The first-order valence-electron chi connectivity index (χ1n) is 8.93. The van der Waals surface area contributed by atoms with E-state index in [1.807, 2.05) is 60.7 Å². The van der Waals surface area contributed by atoms with E-state index in [2.05, 4.69) is 5.32 Å². The Bertz CT molecular complexity index is 831. The zero-order valence-corrected chi connectivity index (χ0v) is 15.0. The van der Waals surface area contributed by atoms with Crippen LogP contribution < -0.4 is 10.1 Å². The predicted molar refractivity (Wildman–Crippen MR) is 103 cm³/mol. The van der Waals surface area contributed by atoms with E-state index in [1.54, 1.807) is 12.3 Å². The van der Waals surface area contributed by atoms with Gasteiger partial charge < -0.3 is 19.6 Å². The third-order valence-corrected chi connectivity index (χ3v) is 4.28.